The number of pyridine rings is 1. The molecular formula is C28H35F5N6O4. The smallest absolute Gasteiger partial charge is 0.417 e. The molecule has 0 radical (unpaired) electrons. The van der Waals surface area contributed by atoms with Crippen molar-refractivity contribution in [3.63, 3.8) is 0 Å². The van der Waals surface area contributed by atoms with Crippen molar-refractivity contribution in [2.24, 2.45) is 0 Å². The molecule has 2 atom stereocenters. The molecule has 0 bridgehead atoms. The Morgan fingerprint density at radius 1 is 1.07 bits per heavy atom. The molecule has 5 rings (SSSR count). The molecule has 3 aromatic rings. The van der Waals surface area contributed by atoms with Crippen molar-refractivity contribution in [3.05, 3.63) is 28.8 Å². The first kappa shape index (κ1) is 32.4. The fourth-order valence-electron chi connectivity index (χ4n) is 4.70. The second-order valence-corrected chi connectivity index (χ2v) is 9.76. The quantitative estimate of drug-likeness (QED) is 0.277. The number of rotatable bonds is 4. The van der Waals surface area contributed by atoms with Gasteiger partial charge in [0.05, 0.1) is 37.2 Å². The molecule has 10 nitrogen and oxygen atoms in total. The van der Waals surface area contributed by atoms with Gasteiger partial charge in [-0.2, -0.15) is 23.1 Å². The van der Waals surface area contributed by atoms with Crippen LogP contribution >= 0.6 is 0 Å². The lowest BCUT2D eigenvalue weighted by molar-refractivity contribution is -0.137. The third kappa shape index (κ3) is 7.16. The van der Waals surface area contributed by atoms with Gasteiger partial charge in [0.25, 0.3) is 0 Å². The Kier molecular flexibility index (Phi) is 10.4. The van der Waals surface area contributed by atoms with Gasteiger partial charge in [-0.05, 0) is 38.4 Å². The van der Waals surface area contributed by atoms with Crippen LogP contribution in [-0.2, 0) is 15.7 Å². The Labute approximate surface area is 245 Å². The molecule has 0 saturated carbocycles. The molecule has 1 fully saturated rings. The number of benzene rings is 1. The van der Waals surface area contributed by atoms with Gasteiger partial charge in [-0.25, -0.2) is 13.8 Å². The highest BCUT2D eigenvalue weighted by molar-refractivity contribution is 5.96. The second kappa shape index (κ2) is 13.8. The second-order valence-electron chi connectivity index (χ2n) is 9.76. The van der Waals surface area contributed by atoms with E-state index in [1.165, 1.54) is 0 Å². The van der Waals surface area contributed by atoms with Crippen LogP contribution in [0.15, 0.2) is 6.07 Å². The van der Waals surface area contributed by atoms with Gasteiger partial charge in [0.15, 0.2) is 5.82 Å². The van der Waals surface area contributed by atoms with Crippen molar-refractivity contribution in [2.45, 2.75) is 52.5 Å². The standard InChI is InChI=1S/C26H29F5N6O4.C2H6/c1-12-3-4-33-5-6-34-23-17-22(36-25(37-23)40-11-14-10-38-7-8-39-14)20(28)21(35-24(17)41-12)15-9-16(32)19(27)13(2)18(15)26(29,30)31;1-2/h9,12,14,33H,3-8,10-11,32H2,1-2H3,(H,34,36,37);1-2H3. The van der Waals surface area contributed by atoms with E-state index in [4.69, 9.17) is 24.7 Å². The van der Waals surface area contributed by atoms with Crippen molar-refractivity contribution >= 4 is 22.4 Å². The molecule has 2 aliphatic heterocycles. The average molecular weight is 615 g/mol. The number of hydrogen-bond donors (Lipinski definition) is 3. The van der Waals surface area contributed by atoms with Crippen LogP contribution in [0.5, 0.6) is 11.9 Å². The predicted molar refractivity (Wildman–Crippen MR) is 150 cm³/mol. The molecule has 2 unspecified atom stereocenters. The van der Waals surface area contributed by atoms with E-state index in [1.54, 1.807) is 6.92 Å². The molecule has 4 N–H and O–H groups in total. The molecule has 236 valence electrons. The third-order valence-corrected chi connectivity index (χ3v) is 6.71. The van der Waals surface area contributed by atoms with Gasteiger partial charge < -0.3 is 35.3 Å². The first-order valence-electron chi connectivity index (χ1n) is 14.0. The normalized spacial score (nSPS) is 19.4. The van der Waals surface area contributed by atoms with E-state index in [9.17, 15) is 17.6 Å². The molecule has 1 aromatic carbocycles. The maximum absolute atomic E-state index is 16.3. The Morgan fingerprint density at radius 2 is 1.84 bits per heavy atom. The fourth-order valence-corrected chi connectivity index (χ4v) is 4.70. The summed E-state index contributed by atoms with van der Waals surface area (Å²) in [4.78, 5) is 12.8. The maximum Gasteiger partial charge on any atom is 0.417 e. The van der Waals surface area contributed by atoms with Crippen LogP contribution < -0.4 is 25.8 Å². The lowest BCUT2D eigenvalue weighted by Crippen LogP contribution is -2.33. The molecule has 0 spiro atoms. The van der Waals surface area contributed by atoms with E-state index in [0.717, 1.165) is 6.92 Å². The van der Waals surface area contributed by atoms with E-state index < -0.39 is 63.6 Å². The first-order chi connectivity index (χ1) is 20.5. The summed E-state index contributed by atoms with van der Waals surface area (Å²) in [5.74, 6) is -2.55. The van der Waals surface area contributed by atoms with E-state index in [0.29, 0.717) is 45.3 Å². The largest absolute Gasteiger partial charge is 0.474 e. The van der Waals surface area contributed by atoms with Crippen LogP contribution in [0.1, 0.15) is 38.3 Å². The summed E-state index contributed by atoms with van der Waals surface area (Å²) in [6, 6.07) is 0.462. The van der Waals surface area contributed by atoms with Gasteiger partial charge >= 0.3 is 12.2 Å². The third-order valence-electron chi connectivity index (χ3n) is 6.71. The molecule has 2 aliphatic rings. The predicted octanol–water partition coefficient (Wildman–Crippen LogP) is 4.87. The SMILES string of the molecule is CC.Cc1c(F)c(N)cc(-c2nc3c4c(nc(OCC5COCCO5)nc4c2F)NCCNCCC(C)O3)c1C(F)(F)F. The van der Waals surface area contributed by atoms with Gasteiger partial charge in [-0.15, -0.1) is 0 Å². The van der Waals surface area contributed by atoms with Crippen molar-refractivity contribution in [1.29, 1.82) is 0 Å². The number of nitrogen functional groups attached to an aromatic ring is 1. The number of alkyl halides is 3. The van der Waals surface area contributed by atoms with Gasteiger partial charge in [-0.3, -0.25) is 0 Å². The van der Waals surface area contributed by atoms with Crippen LogP contribution in [0.2, 0.25) is 0 Å². The van der Waals surface area contributed by atoms with Gasteiger partial charge in [-0.1, -0.05) is 13.8 Å². The van der Waals surface area contributed by atoms with Gasteiger partial charge in [0, 0.05) is 18.7 Å². The first-order valence-corrected chi connectivity index (χ1v) is 14.0. The van der Waals surface area contributed by atoms with Gasteiger partial charge in [0.1, 0.15) is 40.9 Å². The summed E-state index contributed by atoms with van der Waals surface area (Å²) < 4.78 is 96.1. The minimum absolute atomic E-state index is 0.0155. The summed E-state index contributed by atoms with van der Waals surface area (Å²) in [7, 11) is 0. The van der Waals surface area contributed by atoms with Crippen molar-refractivity contribution in [2.75, 3.05) is 57.1 Å². The summed E-state index contributed by atoms with van der Waals surface area (Å²) in [6.07, 6.45) is -5.42. The van der Waals surface area contributed by atoms with Crippen LogP contribution in [0, 0.1) is 18.6 Å². The van der Waals surface area contributed by atoms with E-state index in [2.05, 4.69) is 25.6 Å². The molecule has 15 heteroatoms. The molecule has 1 saturated heterocycles. The number of nitrogens with two attached hydrogens (primary N) is 1. The average Bonchev–Trinajstić information content (AvgIpc) is 3.01. The highest BCUT2D eigenvalue weighted by Crippen LogP contribution is 2.44. The minimum atomic E-state index is -5.05. The summed E-state index contributed by atoms with van der Waals surface area (Å²) in [6.45, 7) is 9.22. The Bertz CT molecular complexity index is 1440. The van der Waals surface area contributed by atoms with Crippen molar-refractivity contribution < 1.29 is 40.9 Å². The van der Waals surface area contributed by atoms with Crippen LogP contribution in [-0.4, -0.2) is 73.2 Å². The number of anilines is 2. The number of halogens is 5. The lowest BCUT2D eigenvalue weighted by Gasteiger charge is -2.23. The van der Waals surface area contributed by atoms with Crippen molar-refractivity contribution in [1.82, 2.24) is 20.3 Å². The number of nitrogens with one attached hydrogen (secondary N) is 2. The zero-order valence-corrected chi connectivity index (χ0v) is 24.3. The zero-order valence-electron chi connectivity index (χ0n) is 24.3. The Balaban J connectivity index is 0.00000207. The highest BCUT2D eigenvalue weighted by atomic mass is 19.4. The summed E-state index contributed by atoms with van der Waals surface area (Å²) >= 11 is 0. The lowest BCUT2D eigenvalue weighted by atomic mass is 9.96. The summed E-state index contributed by atoms with van der Waals surface area (Å²) in [5, 5.41) is 6.33. The van der Waals surface area contributed by atoms with Gasteiger partial charge in [0.2, 0.25) is 5.88 Å². The number of hydrogen-bond acceptors (Lipinski definition) is 10. The van der Waals surface area contributed by atoms with E-state index in [1.807, 2.05) is 13.8 Å². The van der Waals surface area contributed by atoms with Crippen LogP contribution in [0.3, 0.4) is 0 Å². The molecule has 4 heterocycles. The molecule has 0 aliphatic carbocycles. The molecule has 0 amide bonds. The summed E-state index contributed by atoms with van der Waals surface area (Å²) in [5.41, 5.74) is 0.998. The minimum Gasteiger partial charge on any atom is -0.474 e. The molecule has 43 heavy (non-hydrogen) atoms. The number of ether oxygens (including phenoxy) is 4. The Morgan fingerprint density at radius 3 is 2.53 bits per heavy atom. The molecular weight excluding hydrogens is 579 g/mol. The number of aromatic nitrogens is 3. The van der Waals surface area contributed by atoms with Crippen LogP contribution in [0.25, 0.3) is 22.2 Å². The fraction of sp³-hybridized carbons (Fsp3) is 0.536. The monoisotopic (exact) mass is 614 g/mol. The number of nitrogens with zero attached hydrogens (tertiary/aromatic N) is 3. The molecule has 2 aromatic heterocycles. The van der Waals surface area contributed by atoms with E-state index in [-0.39, 0.29) is 36.3 Å². The highest BCUT2D eigenvalue weighted by Gasteiger charge is 2.39. The maximum atomic E-state index is 16.3. The zero-order chi connectivity index (χ0) is 31.3. The topological polar surface area (TPSA) is 126 Å². The van der Waals surface area contributed by atoms with Crippen LogP contribution in [0.4, 0.5) is 33.5 Å². The van der Waals surface area contributed by atoms with Crippen molar-refractivity contribution in [3.8, 4) is 23.1 Å². The Hall–Kier alpha value is -3.56. The van der Waals surface area contributed by atoms with E-state index >= 15 is 4.39 Å².